The minimum absolute atomic E-state index is 0.00154. The molecule has 1 aromatic heterocycles. The molecule has 2 aromatic carbocycles. The average Bonchev–Trinajstić information content (AvgIpc) is 3.09. The zero-order valence-electron chi connectivity index (χ0n) is 20.4. The number of carbonyl (C=O) groups excluding carboxylic acids is 2. The van der Waals surface area contributed by atoms with Crippen molar-refractivity contribution in [3.63, 3.8) is 0 Å². The van der Waals surface area contributed by atoms with Crippen molar-refractivity contribution >= 4 is 17.6 Å². The van der Waals surface area contributed by atoms with Gasteiger partial charge in [-0.25, -0.2) is 4.68 Å². The largest absolute Gasteiger partial charge is 0.333 e. The Balaban J connectivity index is 2.00. The summed E-state index contributed by atoms with van der Waals surface area (Å²) in [4.78, 5) is 27.6. The van der Waals surface area contributed by atoms with Gasteiger partial charge >= 0.3 is 0 Å². The number of hydrogen-bond donors (Lipinski definition) is 1. The van der Waals surface area contributed by atoms with Gasteiger partial charge in [-0.05, 0) is 37.5 Å². The van der Waals surface area contributed by atoms with Crippen LogP contribution in [0, 0.1) is 25.7 Å². The van der Waals surface area contributed by atoms with Crippen LogP contribution in [0.2, 0.25) is 0 Å². The number of amides is 2. The number of anilines is 1. The lowest BCUT2D eigenvalue weighted by atomic mass is 10.1. The van der Waals surface area contributed by atoms with E-state index < -0.39 is 0 Å². The van der Waals surface area contributed by atoms with Crippen molar-refractivity contribution in [2.75, 3.05) is 18.4 Å². The van der Waals surface area contributed by atoms with E-state index in [1.54, 1.807) is 9.58 Å². The summed E-state index contributed by atoms with van der Waals surface area (Å²) < 4.78 is 1.77. The Hall–Kier alpha value is -3.41. The Bertz CT molecular complexity index is 1100. The number of nitrogens with zero attached hydrogens (tertiary/aromatic N) is 3. The molecule has 1 N–H and O–H groups in total. The maximum Gasteiger partial charge on any atom is 0.245 e. The van der Waals surface area contributed by atoms with Crippen LogP contribution in [0.25, 0.3) is 16.8 Å². The van der Waals surface area contributed by atoms with Gasteiger partial charge in [-0.3, -0.25) is 9.59 Å². The quantitative estimate of drug-likeness (QED) is 0.515. The monoisotopic (exact) mass is 446 g/mol. The Morgan fingerprint density at radius 2 is 1.61 bits per heavy atom. The van der Waals surface area contributed by atoms with Crippen LogP contribution in [0.5, 0.6) is 0 Å². The maximum atomic E-state index is 13.2. The summed E-state index contributed by atoms with van der Waals surface area (Å²) in [6.07, 6.45) is 0. The molecule has 174 valence electrons. The first-order chi connectivity index (χ1) is 15.7. The third kappa shape index (κ3) is 5.89. The van der Waals surface area contributed by atoms with E-state index in [4.69, 9.17) is 5.10 Å². The third-order valence-corrected chi connectivity index (χ3v) is 5.38. The van der Waals surface area contributed by atoms with Crippen LogP contribution in [0.4, 0.5) is 5.82 Å². The molecule has 1 heterocycles. The van der Waals surface area contributed by atoms with Crippen molar-refractivity contribution in [1.29, 1.82) is 0 Å². The summed E-state index contributed by atoms with van der Waals surface area (Å²) in [5.74, 6) is 0.437. The van der Waals surface area contributed by atoms with Crippen molar-refractivity contribution in [2.45, 2.75) is 41.5 Å². The van der Waals surface area contributed by atoms with E-state index in [1.165, 1.54) is 0 Å². The molecule has 0 atom stereocenters. The summed E-state index contributed by atoms with van der Waals surface area (Å²) in [6, 6.07) is 17.9. The molecule has 33 heavy (non-hydrogen) atoms. The summed E-state index contributed by atoms with van der Waals surface area (Å²) in [7, 11) is 0. The Morgan fingerprint density at radius 3 is 2.18 bits per heavy atom. The second kappa shape index (κ2) is 10.5. The molecule has 0 unspecified atom stereocenters. The molecule has 0 radical (unpaired) electrons. The highest BCUT2D eigenvalue weighted by molar-refractivity contribution is 5.98. The smallest absolute Gasteiger partial charge is 0.245 e. The molecule has 0 aliphatic heterocycles. The van der Waals surface area contributed by atoms with Crippen LogP contribution in [0.3, 0.4) is 0 Å². The van der Waals surface area contributed by atoms with Crippen LogP contribution < -0.4 is 5.32 Å². The van der Waals surface area contributed by atoms with Crippen LogP contribution in [0.1, 0.15) is 39.0 Å². The zero-order valence-corrected chi connectivity index (χ0v) is 20.4. The highest BCUT2D eigenvalue weighted by Crippen LogP contribution is 2.33. The SMILES string of the molecule is Cc1ccc(-n2nc(C)c(-c3ccccc3)c2NC(=O)CN(CC(C)C)C(=O)C(C)C)cc1. The molecule has 6 heteroatoms. The number of carbonyl (C=O) groups is 2. The lowest BCUT2D eigenvalue weighted by Crippen LogP contribution is -2.42. The molecule has 0 aliphatic rings. The molecule has 0 saturated carbocycles. The molecule has 0 bridgehead atoms. The normalized spacial score (nSPS) is 11.2. The number of rotatable bonds is 8. The van der Waals surface area contributed by atoms with Gasteiger partial charge in [0.05, 0.1) is 17.9 Å². The lowest BCUT2D eigenvalue weighted by molar-refractivity contribution is -0.138. The summed E-state index contributed by atoms with van der Waals surface area (Å²) in [5.41, 5.74) is 4.66. The number of benzene rings is 2. The van der Waals surface area contributed by atoms with Crippen LogP contribution in [0.15, 0.2) is 54.6 Å². The third-order valence-electron chi connectivity index (χ3n) is 5.38. The first kappa shape index (κ1) is 24.2. The lowest BCUT2D eigenvalue weighted by Gasteiger charge is -2.26. The maximum absolute atomic E-state index is 13.2. The fourth-order valence-corrected chi connectivity index (χ4v) is 3.85. The van der Waals surface area contributed by atoms with Gasteiger partial charge in [0, 0.05) is 18.0 Å². The van der Waals surface area contributed by atoms with Crippen molar-refractivity contribution in [3.8, 4) is 16.8 Å². The van der Waals surface area contributed by atoms with Crippen LogP contribution in [-0.4, -0.2) is 39.6 Å². The van der Waals surface area contributed by atoms with Gasteiger partial charge in [-0.15, -0.1) is 0 Å². The average molecular weight is 447 g/mol. The molecule has 0 saturated heterocycles. The number of hydrogen-bond acceptors (Lipinski definition) is 3. The first-order valence-corrected chi connectivity index (χ1v) is 11.5. The fraction of sp³-hybridized carbons (Fsp3) is 0.370. The Kier molecular flexibility index (Phi) is 7.69. The highest BCUT2D eigenvalue weighted by Gasteiger charge is 2.24. The van der Waals surface area contributed by atoms with Crippen LogP contribution in [-0.2, 0) is 9.59 Å². The Morgan fingerprint density at radius 1 is 0.970 bits per heavy atom. The molecule has 3 aromatic rings. The van der Waals surface area contributed by atoms with Crippen molar-refractivity contribution in [3.05, 3.63) is 65.9 Å². The van der Waals surface area contributed by atoms with Crippen molar-refractivity contribution in [2.24, 2.45) is 11.8 Å². The molecular formula is C27H34N4O2. The predicted molar refractivity (Wildman–Crippen MR) is 133 cm³/mol. The molecule has 2 amide bonds. The number of nitrogens with one attached hydrogen (secondary N) is 1. The Labute approximate surface area is 196 Å². The van der Waals surface area contributed by atoms with Gasteiger partial charge in [-0.2, -0.15) is 5.10 Å². The van der Waals surface area contributed by atoms with E-state index >= 15 is 0 Å². The van der Waals surface area contributed by atoms with E-state index in [1.807, 2.05) is 96.1 Å². The molecule has 0 fully saturated rings. The summed E-state index contributed by atoms with van der Waals surface area (Å²) in [6.45, 7) is 12.3. The topological polar surface area (TPSA) is 67.2 Å². The van der Waals surface area contributed by atoms with Gasteiger partial charge in [0.1, 0.15) is 5.82 Å². The fourth-order valence-electron chi connectivity index (χ4n) is 3.85. The van der Waals surface area contributed by atoms with E-state index in [2.05, 4.69) is 5.32 Å². The van der Waals surface area contributed by atoms with E-state index in [0.717, 1.165) is 28.1 Å². The predicted octanol–water partition coefficient (Wildman–Crippen LogP) is 5.24. The molecular weight excluding hydrogens is 412 g/mol. The summed E-state index contributed by atoms with van der Waals surface area (Å²) >= 11 is 0. The standard InChI is InChI=1S/C27H34N4O2/c1-18(2)16-30(27(33)19(3)4)17-24(32)28-26-25(22-10-8-7-9-11-22)21(6)29-31(26)23-14-12-20(5)13-15-23/h7-15,18-19H,16-17H2,1-6H3,(H,28,32). The van der Waals surface area contributed by atoms with Gasteiger partial charge in [0.25, 0.3) is 0 Å². The van der Waals surface area contributed by atoms with Crippen LogP contribution >= 0.6 is 0 Å². The van der Waals surface area contributed by atoms with Gasteiger partial charge in [0.2, 0.25) is 11.8 Å². The van der Waals surface area contributed by atoms with Gasteiger partial charge in [-0.1, -0.05) is 75.7 Å². The molecule has 0 spiro atoms. The summed E-state index contributed by atoms with van der Waals surface area (Å²) in [5, 5.41) is 7.83. The van der Waals surface area contributed by atoms with Crippen molar-refractivity contribution in [1.82, 2.24) is 14.7 Å². The molecule has 6 nitrogen and oxygen atoms in total. The van der Waals surface area contributed by atoms with E-state index in [-0.39, 0.29) is 30.2 Å². The second-order valence-corrected chi connectivity index (χ2v) is 9.24. The molecule has 0 aliphatic carbocycles. The second-order valence-electron chi connectivity index (χ2n) is 9.24. The highest BCUT2D eigenvalue weighted by atomic mass is 16.2. The molecule has 3 rings (SSSR count). The minimum atomic E-state index is -0.241. The minimum Gasteiger partial charge on any atom is -0.333 e. The first-order valence-electron chi connectivity index (χ1n) is 11.5. The van der Waals surface area contributed by atoms with Gasteiger partial charge in [0.15, 0.2) is 0 Å². The van der Waals surface area contributed by atoms with E-state index in [0.29, 0.717) is 12.4 Å². The van der Waals surface area contributed by atoms with Crippen molar-refractivity contribution < 1.29 is 9.59 Å². The van der Waals surface area contributed by atoms with Gasteiger partial charge < -0.3 is 10.2 Å². The number of aryl methyl sites for hydroxylation is 2. The number of aromatic nitrogens is 2. The van der Waals surface area contributed by atoms with E-state index in [9.17, 15) is 9.59 Å². The zero-order chi connectivity index (χ0) is 24.1.